The Morgan fingerprint density at radius 2 is 2.14 bits per heavy atom. The summed E-state index contributed by atoms with van der Waals surface area (Å²) in [5, 5.41) is 8.59. The first-order chi connectivity index (χ1) is 10.4. The molecule has 2 amide bonds. The molecular formula is C15H20F3N3O. The van der Waals surface area contributed by atoms with Crippen LogP contribution < -0.4 is 16.0 Å². The third-order valence-corrected chi connectivity index (χ3v) is 3.66. The van der Waals surface area contributed by atoms with E-state index in [0.29, 0.717) is 18.0 Å². The number of urea groups is 1. The van der Waals surface area contributed by atoms with Crippen molar-refractivity contribution in [3.05, 3.63) is 35.4 Å². The molecule has 22 heavy (non-hydrogen) atoms. The van der Waals surface area contributed by atoms with Gasteiger partial charge in [0, 0.05) is 13.1 Å². The molecule has 1 fully saturated rings. The molecule has 1 atom stereocenters. The molecule has 1 aliphatic heterocycles. The molecule has 0 saturated carbocycles. The molecule has 1 unspecified atom stereocenters. The maximum Gasteiger partial charge on any atom is 0.416 e. The van der Waals surface area contributed by atoms with Crippen LogP contribution in [0.4, 0.5) is 18.0 Å². The highest BCUT2D eigenvalue weighted by Gasteiger charge is 2.30. The molecule has 0 bridgehead atoms. The van der Waals surface area contributed by atoms with Crippen molar-refractivity contribution in [3.8, 4) is 0 Å². The molecule has 0 aliphatic carbocycles. The first-order valence-corrected chi connectivity index (χ1v) is 7.33. The van der Waals surface area contributed by atoms with Gasteiger partial charge in [-0.3, -0.25) is 0 Å². The number of carbonyl (C=O) groups is 1. The van der Waals surface area contributed by atoms with Gasteiger partial charge < -0.3 is 16.0 Å². The van der Waals surface area contributed by atoms with Gasteiger partial charge >= 0.3 is 12.2 Å². The summed E-state index contributed by atoms with van der Waals surface area (Å²) in [6, 6.07) is 4.60. The molecule has 1 aliphatic rings. The number of nitrogens with one attached hydrogen (secondary N) is 3. The van der Waals surface area contributed by atoms with Crippen LogP contribution in [0.25, 0.3) is 0 Å². The summed E-state index contributed by atoms with van der Waals surface area (Å²) < 4.78 is 37.8. The number of piperidine rings is 1. The van der Waals surface area contributed by atoms with Crippen molar-refractivity contribution in [1.29, 1.82) is 0 Å². The number of hydrogen-bond acceptors (Lipinski definition) is 2. The minimum Gasteiger partial charge on any atom is -0.338 e. The fourth-order valence-electron chi connectivity index (χ4n) is 2.44. The van der Waals surface area contributed by atoms with Gasteiger partial charge in [0.2, 0.25) is 0 Å². The van der Waals surface area contributed by atoms with E-state index in [9.17, 15) is 18.0 Å². The SMILES string of the molecule is O=C(NCc1cccc(C(F)(F)F)c1)NCC1CCCNC1. The largest absolute Gasteiger partial charge is 0.416 e. The van der Waals surface area contributed by atoms with Crippen molar-refractivity contribution >= 4 is 6.03 Å². The van der Waals surface area contributed by atoms with Gasteiger partial charge in [0.25, 0.3) is 0 Å². The zero-order valence-electron chi connectivity index (χ0n) is 12.2. The van der Waals surface area contributed by atoms with E-state index in [0.717, 1.165) is 38.1 Å². The number of hydrogen-bond donors (Lipinski definition) is 3. The lowest BCUT2D eigenvalue weighted by Crippen LogP contribution is -2.41. The van der Waals surface area contributed by atoms with E-state index in [1.807, 2.05) is 0 Å². The average Bonchev–Trinajstić information content (AvgIpc) is 2.51. The van der Waals surface area contributed by atoms with E-state index >= 15 is 0 Å². The van der Waals surface area contributed by atoms with E-state index in [1.165, 1.54) is 6.07 Å². The molecule has 122 valence electrons. The van der Waals surface area contributed by atoms with Gasteiger partial charge in [0.05, 0.1) is 5.56 Å². The zero-order chi connectivity index (χ0) is 16.0. The zero-order valence-corrected chi connectivity index (χ0v) is 12.2. The topological polar surface area (TPSA) is 53.2 Å². The fourth-order valence-corrected chi connectivity index (χ4v) is 2.44. The van der Waals surface area contributed by atoms with Gasteiger partial charge in [0.15, 0.2) is 0 Å². The highest BCUT2D eigenvalue weighted by molar-refractivity contribution is 5.73. The predicted molar refractivity (Wildman–Crippen MR) is 77.3 cm³/mol. The molecule has 4 nitrogen and oxygen atoms in total. The van der Waals surface area contributed by atoms with Crippen molar-refractivity contribution in [2.75, 3.05) is 19.6 Å². The third-order valence-electron chi connectivity index (χ3n) is 3.66. The molecule has 2 rings (SSSR count). The Bertz CT molecular complexity index is 499. The maximum atomic E-state index is 12.6. The summed E-state index contributed by atoms with van der Waals surface area (Å²) in [4.78, 5) is 11.7. The van der Waals surface area contributed by atoms with Crippen LogP contribution >= 0.6 is 0 Å². The van der Waals surface area contributed by atoms with Crippen LogP contribution in [0.15, 0.2) is 24.3 Å². The molecule has 1 aromatic carbocycles. The van der Waals surface area contributed by atoms with Gasteiger partial charge in [-0.1, -0.05) is 12.1 Å². The lowest BCUT2D eigenvalue weighted by Gasteiger charge is -2.22. The lowest BCUT2D eigenvalue weighted by molar-refractivity contribution is -0.137. The van der Waals surface area contributed by atoms with Gasteiger partial charge in [-0.15, -0.1) is 0 Å². The normalized spacial score (nSPS) is 18.8. The van der Waals surface area contributed by atoms with E-state index < -0.39 is 11.7 Å². The summed E-state index contributed by atoms with van der Waals surface area (Å²) >= 11 is 0. The number of benzene rings is 1. The number of halogens is 3. The van der Waals surface area contributed by atoms with E-state index in [4.69, 9.17) is 0 Å². The summed E-state index contributed by atoms with van der Waals surface area (Å²) in [6.45, 7) is 2.53. The monoisotopic (exact) mass is 315 g/mol. The summed E-state index contributed by atoms with van der Waals surface area (Å²) in [7, 11) is 0. The van der Waals surface area contributed by atoms with Gasteiger partial charge in [-0.25, -0.2) is 4.79 Å². The Labute approximate surface area is 127 Å². The molecule has 0 spiro atoms. The molecule has 1 heterocycles. The van der Waals surface area contributed by atoms with Crippen molar-refractivity contribution < 1.29 is 18.0 Å². The number of carbonyl (C=O) groups excluding carboxylic acids is 1. The van der Waals surface area contributed by atoms with Crippen molar-refractivity contribution in [2.45, 2.75) is 25.6 Å². The first-order valence-electron chi connectivity index (χ1n) is 7.33. The van der Waals surface area contributed by atoms with Crippen LogP contribution in [0, 0.1) is 5.92 Å². The molecule has 1 saturated heterocycles. The van der Waals surface area contributed by atoms with Crippen LogP contribution in [-0.2, 0) is 12.7 Å². The smallest absolute Gasteiger partial charge is 0.338 e. The second kappa shape index (κ2) is 7.49. The van der Waals surface area contributed by atoms with E-state index in [2.05, 4.69) is 16.0 Å². The van der Waals surface area contributed by atoms with E-state index in [1.54, 1.807) is 6.07 Å². The molecule has 0 radical (unpaired) electrons. The highest BCUT2D eigenvalue weighted by atomic mass is 19.4. The Hall–Kier alpha value is -1.76. The van der Waals surface area contributed by atoms with Crippen LogP contribution in [0.5, 0.6) is 0 Å². The molecule has 7 heteroatoms. The van der Waals surface area contributed by atoms with Gasteiger partial charge in [0.1, 0.15) is 0 Å². The first kappa shape index (κ1) is 16.6. The van der Waals surface area contributed by atoms with Crippen LogP contribution in [0.1, 0.15) is 24.0 Å². The minimum absolute atomic E-state index is 0.0681. The van der Waals surface area contributed by atoms with Crippen LogP contribution in [0.3, 0.4) is 0 Å². The number of rotatable bonds is 4. The number of amides is 2. The van der Waals surface area contributed by atoms with Crippen molar-refractivity contribution in [3.63, 3.8) is 0 Å². The molecule has 1 aromatic rings. The second-order valence-corrected chi connectivity index (χ2v) is 5.47. The Kier molecular flexibility index (Phi) is 5.65. The molecule has 0 aromatic heterocycles. The fraction of sp³-hybridized carbons (Fsp3) is 0.533. The third kappa shape index (κ3) is 5.22. The van der Waals surface area contributed by atoms with Crippen LogP contribution in [-0.4, -0.2) is 25.7 Å². The Morgan fingerprint density at radius 1 is 1.32 bits per heavy atom. The summed E-state index contributed by atoms with van der Waals surface area (Å²) in [6.07, 6.45) is -2.20. The van der Waals surface area contributed by atoms with Crippen molar-refractivity contribution in [1.82, 2.24) is 16.0 Å². The quantitative estimate of drug-likeness (QED) is 0.800. The predicted octanol–water partition coefficient (Wildman–Crippen LogP) is 2.50. The van der Waals surface area contributed by atoms with Crippen molar-refractivity contribution in [2.24, 2.45) is 5.92 Å². The summed E-state index contributed by atoms with van der Waals surface area (Å²) in [5.74, 6) is 0.410. The number of alkyl halides is 3. The standard InChI is InChI=1S/C15H20F3N3O/c16-15(17,18)13-5-1-3-11(7-13)9-20-14(22)21-10-12-4-2-6-19-8-12/h1,3,5,7,12,19H,2,4,6,8-10H2,(H2,20,21,22). The lowest BCUT2D eigenvalue weighted by atomic mass is 10.00. The van der Waals surface area contributed by atoms with Gasteiger partial charge in [-0.2, -0.15) is 13.2 Å². The summed E-state index contributed by atoms with van der Waals surface area (Å²) in [5.41, 5.74) is -0.287. The van der Waals surface area contributed by atoms with E-state index in [-0.39, 0.29) is 12.6 Å². The second-order valence-electron chi connectivity index (χ2n) is 5.47. The maximum absolute atomic E-state index is 12.6. The highest BCUT2D eigenvalue weighted by Crippen LogP contribution is 2.29. The minimum atomic E-state index is -4.37. The van der Waals surface area contributed by atoms with Crippen LogP contribution in [0.2, 0.25) is 0 Å². The average molecular weight is 315 g/mol. The Morgan fingerprint density at radius 3 is 2.82 bits per heavy atom. The Balaban J connectivity index is 1.76. The molecular weight excluding hydrogens is 295 g/mol. The van der Waals surface area contributed by atoms with Gasteiger partial charge in [-0.05, 0) is 49.5 Å². The molecule has 3 N–H and O–H groups in total.